The first-order valence-corrected chi connectivity index (χ1v) is 8.20. The Morgan fingerprint density at radius 1 is 1.15 bits per heavy atom. The molecule has 3 rings (SSSR count). The van der Waals surface area contributed by atoms with Crippen molar-refractivity contribution >= 4 is 5.91 Å². The van der Waals surface area contributed by atoms with Gasteiger partial charge in [0, 0.05) is 18.5 Å². The highest BCUT2D eigenvalue weighted by atomic mass is 19.1. The third-order valence-corrected chi connectivity index (χ3v) is 3.85. The van der Waals surface area contributed by atoms with Crippen LogP contribution in [0.1, 0.15) is 16.2 Å². The molecule has 2 aromatic carbocycles. The Bertz CT molecular complexity index is 942. The highest BCUT2D eigenvalue weighted by Gasteiger charge is 2.13. The number of rotatable bonds is 7. The highest BCUT2D eigenvalue weighted by Crippen LogP contribution is 2.31. The van der Waals surface area contributed by atoms with E-state index >= 15 is 0 Å². The number of benzene rings is 2. The fourth-order valence-electron chi connectivity index (χ4n) is 2.47. The Labute approximate surface area is 155 Å². The second kappa shape index (κ2) is 8.31. The maximum Gasteiger partial charge on any atom is 0.254 e. The number of nitrogens with one attached hydrogen (secondary N) is 1. The van der Waals surface area contributed by atoms with Crippen molar-refractivity contribution in [1.29, 1.82) is 0 Å². The van der Waals surface area contributed by atoms with Crippen LogP contribution in [0.4, 0.5) is 4.39 Å². The molecule has 0 spiro atoms. The van der Waals surface area contributed by atoms with Gasteiger partial charge >= 0.3 is 0 Å². The standard InChI is InChI=1S/C19H18FN3O4/c1-25-15-8-7-12(11-16(15)26-2)18-22-17(27-23-18)9-10-21-19(24)13-5-3-4-6-14(13)20/h3-8,11H,9-10H2,1-2H3,(H,21,24). The van der Waals surface area contributed by atoms with E-state index in [4.69, 9.17) is 14.0 Å². The maximum absolute atomic E-state index is 13.6. The molecule has 1 N–H and O–H groups in total. The minimum Gasteiger partial charge on any atom is -0.493 e. The molecular weight excluding hydrogens is 353 g/mol. The van der Waals surface area contributed by atoms with Gasteiger partial charge in [-0.2, -0.15) is 4.98 Å². The third-order valence-electron chi connectivity index (χ3n) is 3.85. The van der Waals surface area contributed by atoms with Gasteiger partial charge in [-0.25, -0.2) is 4.39 Å². The summed E-state index contributed by atoms with van der Waals surface area (Å²) in [7, 11) is 3.10. The Morgan fingerprint density at radius 2 is 1.93 bits per heavy atom. The highest BCUT2D eigenvalue weighted by molar-refractivity contribution is 5.94. The first-order chi connectivity index (χ1) is 13.1. The summed E-state index contributed by atoms with van der Waals surface area (Å²) in [5, 5.41) is 6.56. The minimum atomic E-state index is -0.566. The van der Waals surface area contributed by atoms with Crippen LogP contribution in [0.3, 0.4) is 0 Å². The Kier molecular flexibility index (Phi) is 5.65. The summed E-state index contributed by atoms with van der Waals surface area (Å²) in [6, 6.07) is 11.1. The quantitative estimate of drug-likeness (QED) is 0.687. The molecule has 0 unspecified atom stereocenters. The molecule has 0 aliphatic rings. The fourth-order valence-corrected chi connectivity index (χ4v) is 2.47. The first kappa shape index (κ1) is 18.4. The molecule has 1 heterocycles. The number of hydrogen-bond donors (Lipinski definition) is 1. The third kappa shape index (κ3) is 4.22. The molecule has 0 radical (unpaired) electrons. The summed E-state index contributed by atoms with van der Waals surface area (Å²) < 4.78 is 29.2. The van der Waals surface area contributed by atoms with Gasteiger partial charge in [0.2, 0.25) is 11.7 Å². The van der Waals surface area contributed by atoms with E-state index in [9.17, 15) is 9.18 Å². The molecule has 1 aromatic heterocycles. The monoisotopic (exact) mass is 371 g/mol. The topological polar surface area (TPSA) is 86.5 Å². The molecule has 0 saturated carbocycles. The van der Waals surface area contributed by atoms with Gasteiger partial charge in [0.15, 0.2) is 11.5 Å². The molecule has 3 aromatic rings. The zero-order valence-corrected chi connectivity index (χ0v) is 14.9. The second-order valence-corrected chi connectivity index (χ2v) is 5.57. The summed E-state index contributed by atoms with van der Waals surface area (Å²) in [6.45, 7) is 0.237. The number of amides is 1. The summed E-state index contributed by atoms with van der Waals surface area (Å²) in [4.78, 5) is 16.3. The number of hydrogen-bond acceptors (Lipinski definition) is 6. The van der Waals surface area contributed by atoms with E-state index in [0.717, 1.165) is 0 Å². The second-order valence-electron chi connectivity index (χ2n) is 5.57. The molecule has 27 heavy (non-hydrogen) atoms. The lowest BCUT2D eigenvalue weighted by molar-refractivity contribution is 0.0949. The average molecular weight is 371 g/mol. The van der Waals surface area contributed by atoms with Gasteiger partial charge in [0.25, 0.3) is 5.91 Å². The van der Waals surface area contributed by atoms with Crippen molar-refractivity contribution in [3.8, 4) is 22.9 Å². The molecule has 0 aliphatic carbocycles. The predicted molar refractivity (Wildman–Crippen MR) is 95.3 cm³/mol. The lowest BCUT2D eigenvalue weighted by atomic mass is 10.2. The Balaban J connectivity index is 1.62. The summed E-state index contributed by atoms with van der Waals surface area (Å²) in [6.07, 6.45) is 0.320. The SMILES string of the molecule is COc1ccc(-c2noc(CCNC(=O)c3ccccc3F)n2)cc1OC. The van der Waals surface area contributed by atoms with E-state index in [1.54, 1.807) is 38.5 Å². The van der Waals surface area contributed by atoms with Gasteiger partial charge in [0.05, 0.1) is 19.8 Å². The van der Waals surface area contributed by atoms with Crippen LogP contribution >= 0.6 is 0 Å². The van der Waals surface area contributed by atoms with Crippen molar-refractivity contribution in [2.75, 3.05) is 20.8 Å². The van der Waals surface area contributed by atoms with Gasteiger partial charge in [-0.1, -0.05) is 17.3 Å². The lowest BCUT2D eigenvalue weighted by Crippen LogP contribution is -2.26. The van der Waals surface area contributed by atoms with Gasteiger partial charge in [0.1, 0.15) is 5.82 Å². The van der Waals surface area contributed by atoms with Crippen molar-refractivity contribution in [3.05, 3.63) is 59.7 Å². The molecule has 0 aliphatic heterocycles. The van der Waals surface area contributed by atoms with E-state index in [1.165, 1.54) is 18.2 Å². The van der Waals surface area contributed by atoms with Crippen LogP contribution in [0.2, 0.25) is 0 Å². The van der Waals surface area contributed by atoms with E-state index in [2.05, 4.69) is 15.5 Å². The molecule has 140 valence electrons. The molecule has 7 nitrogen and oxygen atoms in total. The van der Waals surface area contributed by atoms with Gasteiger partial charge in [-0.3, -0.25) is 4.79 Å². The molecule has 0 bridgehead atoms. The predicted octanol–water partition coefficient (Wildman–Crippen LogP) is 2.87. The van der Waals surface area contributed by atoms with Gasteiger partial charge in [-0.05, 0) is 30.3 Å². The molecular formula is C19H18FN3O4. The zero-order chi connectivity index (χ0) is 19.2. The van der Waals surface area contributed by atoms with Crippen molar-refractivity contribution < 1.29 is 23.2 Å². The molecule has 0 fully saturated rings. The zero-order valence-electron chi connectivity index (χ0n) is 14.9. The van der Waals surface area contributed by atoms with Crippen molar-refractivity contribution in [2.45, 2.75) is 6.42 Å². The fraction of sp³-hybridized carbons (Fsp3) is 0.211. The first-order valence-electron chi connectivity index (χ1n) is 8.20. The largest absolute Gasteiger partial charge is 0.493 e. The van der Waals surface area contributed by atoms with Crippen LogP contribution in [0.25, 0.3) is 11.4 Å². The van der Waals surface area contributed by atoms with Crippen LogP contribution in [0.15, 0.2) is 47.0 Å². The molecule has 8 heteroatoms. The number of carbonyl (C=O) groups excluding carboxylic acids is 1. The van der Waals surface area contributed by atoms with E-state index in [-0.39, 0.29) is 12.1 Å². The minimum absolute atomic E-state index is 0.00551. The molecule has 0 saturated heterocycles. The summed E-state index contributed by atoms with van der Waals surface area (Å²) in [5.74, 6) is 0.843. The van der Waals surface area contributed by atoms with Crippen LogP contribution in [0, 0.1) is 5.82 Å². The Morgan fingerprint density at radius 3 is 2.67 bits per heavy atom. The summed E-state index contributed by atoms with van der Waals surface area (Å²) in [5.41, 5.74) is 0.701. The number of halogens is 1. The van der Waals surface area contributed by atoms with Gasteiger partial charge in [-0.15, -0.1) is 0 Å². The molecule has 1 amide bonds. The number of ether oxygens (including phenoxy) is 2. The van der Waals surface area contributed by atoms with Crippen molar-refractivity contribution in [2.24, 2.45) is 0 Å². The van der Waals surface area contributed by atoms with E-state index in [0.29, 0.717) is 35.2 Å². The number of carbonyl (C=O) groups is 1. The van der Waals surface area contributed by atoms with E-state index < -0.39 is 11.7 Å². The number of methoxy groups -OCH3 is 2. The van der Waals surface area contributed by atoms with Crippen LogP contribution < -0.4 is 14.8 Å². The normalized spacial score (nSPS) is 10.5. The average Bonchev–Trinajstić information content (AvgIpc) is 3.16. The van der Waals surface area contributed by atoms with Crippen molar-refractivity contribution in [1.82, 2.24) is 15.5 Å². The smallest absolute Gasteiger partial charge is 0.254 e. The van der Waals surface area contributed by atoms with Gasteiger partial charge < -0.3 is 19.3 Å². The summed E-state index contributed by atoms with van der Waals surface area (Å²) >= 11 is 0. The van der Waals surface area contributed by atoms with Crippen LogP contribution in [0.5, 0.6) is 11.5 Å². The maximum atomic E-state index is 13.6. The lowest BCUT2D eigenvalue weighted by Gasteiger charge is -2.07. The van der Waals surface area contributed by atoms with E-state index in [1.807, 2.05) is 0 Å². The van der Waals surface area contributed by atoms with Crippen LogP contribution in [-0.4, -0.2) is 36.8 Å². The molecule has 0 atom stereocenters. The number of nitrogens with zero attached hydrogens (tertiary/aromatic N) is 2. The Hall–Kier alpha value is -3.42. The number of aromatic nitrogens is 2. The van der Waals surface area contributed by atoms with Crippen molar-refractivity contribution in [3.63, 3.8) is 0 Å². The van der Waals surface area contributed by atoms with Crippen LogP contribution in [-0.2, 0) is 6.42 Å².